The van der Waals surface area contributed by atoms with E-state index >= 15 is 0 Å². The molecule has 1 rings (SSSR count). The van der Waals surface area contributed by atoms with Gasteiger partial charge in [0.1, 0.15) is 6.10 Å². The summed E-state index contributed by atoms with van der Waals surface area (Å²) in [7, 11) is 0. The highest BCUT2D eigenvalue weighted by atomic mass is 16.7. The van der Waals surface area contributed by atoms with Crippen molar-refractivity contribution in [2.75, 3.05) is 0 Å². The van der Waals surface area contributed by atoms with Crippen LogP contribution in [0.2, 0.25) is 0 Å². The normalized spacial score (nSPS) is 33.5. The zero-order valence-corrected chi connectivity index (χ0v) is 11.2. The van der Waals surface area contributed by atoms with Gasteiger partial charge in [0.05, 0.1) is 18.3 Å². The summed E-state index contributed by atoms with van der Waals surface area (Å²) in [5.41, 5.74) is 0. The summed E-state index contributed by atoms with van der Waals surface area (Å²) in [5, 5.41) is 27.7. The van der Waals surface area contributed by atoms with Crippen LogP contribution in [0.5, 0.6) is 0 Å². The molecule has 1 fully saturated rings. The molecule has 5 atom stereocenters. The van der Waals surface area contributed by atoms with E-state index in [0.717, 1.165) is 6.08 Å². The minimum absolute atomic E-state index is 0.166. The molecule has 1 aliphatic rings. The Labute approximate surface area is 112 Å². The smallest absolute Gasteiger partial charge is 0.327 e. The Hall–Kier alpha value is -0.950. The Balaban J connectivity index is 2.31. The predicted molar refractivity (Wildman–Crippen MR) is 67.5 cm³/mol. The minimum Gasteiger partial charge on any atom is -0.478 e. The molecule has 0 aromatic rings. The number of hydrogen-bond donors (Lipinski definition) is 3. The van der Waals surface area contributed by atoms with Gasteiger partial charge in [-0.25, -0.2) is 4.79 Å². The van der Waals surface area contributed by atoms with Crippen LogP contribution in [0, 0.1) is 0 Å². The summed E-state index contributed by atoms with van der Waals surface area (Å²) in [5.74, 6) is -0.970. The second-order valence-corrected chi connectivity index (χ2v) is 4.84. The second-order valence-electron chi connectivity index (χ2n) is 4.84. The lowest BCUT2D eigenvalue weighted by Gasteiger charge is -2.36. The maximum atomic E-state index is 10.3. The average Bonchev–Trinajstić information content (AvgIpc) is 2.31. The molecule has 0 radical (unpaired) electrons. The number of ether oxygens (including phenoxy) is 2. The average molecular weight is 274 g/mol. The highest BCUT2D eigenvalue weighted by molar-refractivity contribution is 5.79. The number of aliphatic hydroxyl groups is 2. The van der Waals surface area contributed by atoms with Gasteiger partial charge < -0.3 is 24.8 Å². The number of aliphatic carboxylic acids is 1. The Bertz CT molecular complexity index is 316. The first-order valence-corrected chi connectivity index (χ1v) is 6.46. The molecule has 19 heavy (non-hydrogen) atoms. The maximum Gasteiger partial charge on any atom is 0.327 e. The van der Waals surface area contributed by atoms with Crippen LogP contribution in [0.4, 0.5) is 0 Å². The van der Waals surface area contributed by atoms with E-state index in [1.54, 1.807) is 13.0 Å². The summed E-state index contributed by atoms with van der Waals surface area (Å²) in [4.78, 5) is 10.3. The van der Waals surface area contributed by atoms with Crippen LogP contribution in [0.1, 0.15) is 33.1 Å². The largest absolute Gasteiger partial charge is 0.478 e. The number of allylic oxidation sites excluding steroid dienone is 1. The number of rotatable bonds is 6. The third-order valence-electron chi connectivity index (χ3n) is 3.05. The van der Waals surface area contributed by atoms with Crippen molar-refractivity contribution in [2.24, 2.45) is 0 Å². The SMILES string of the molecule is CC1O[C@@H](O[C@H](C)CC/C=C/C(=O)O)[C@@H](O)C[C@H]1O. The molecule has 110 valence electrons. The summed E-state index contributed by atoms with van der Waals surface area (Å²) < 4.78 is 11.0. The fourth-order valence-corrected chi connectivity index (χ4v) is 1.88. The Morgan fingerprint density at radius 3 is 2.79 bits per heavy atom. The minimum atomic E-state index is -0.970. The molecule has 1 unspecified atom stereocenters. The molecule has 0 saturated carbocycles. The van der Waals surface area contributed by atoms with Crippen LogP contribution < -0.4 is 0 Å². The molecule has 0 aromatic carbocycles. The third-order valence-corrected chi connectivity index (χ3v) is 3.05. The molecule has 3 N–H and O–H groups in total. The first kappa shape index (κ1) is 16.1. The number of hydrogen-bond acceptors (Lipinski definition) is 5. The molecule has 0 aliphatic carbocycles. The van der Waals surface area contributed by atoms with E-state index in [1.807, 2.05) is 6.92 Å². The summed E-state index contributed by atoms with van der Waals surface area (Å²) >= 11 is 0. The van der Waals surface area contributed by atoms with E-state index in [-0.39, 0.29) is 18.6 Å². The molecule has 6 heteroatoms. The predicted octanol–water partition coefficient (Wildman–Crippen LogP) is 0.669. The molecule has 0 bridgehead atoms. The van der Waals surface area contributed by atoms with Crippen molar-refractivity contribution < 1.29 is 29.6 Å². The van der Waals surface area contributed by atoms with E-state index in [1.165, 1.54) is 0 Å². The first-order chi connectivity index (χ1) is 8.90. The fourth-order valence-electron chi connectivity index (χ4n) is 1.88. The van der Waals surface area contributed by atoms with E-state index in [0.29, 0.717) is 12.8 Å². The molecule has 6 nitrogen and oxygen atoms in total. The number of carbonyl (C=O) groups is 1. The van der Waals surface area contributed by atoms with E-state index in [2.05, 4.69) is 0 Å². The fraction of sp³-hybridized carbons (Fsp3) is 0.769. The van der Waals surface area contributed by atoms with Gasteiger partial charge in [-0.2, -0.15) is 0 Å². The number of aliphatic hydroxyl groups excluding tert-OH is 2. The lowest BCUT2D eigenvalue weighted by atomic mass is 10.0. The quantitative estimate of drug-likeness (QED) is 0.616. The van der Waals surface area contributed by atoms with Crippen molar-refractivity contribution in [3.63, 3.8) is 0 Å². The van der Waals surface area contributed by atoms with Gasteiger partial charge in [-0.15, -0.1) is 0 Å². The monoisotopic (exact) mass is 274 g/mol. The third kappa shape index (κ3) is 5.69. The van der Waals surface area contributed by atoms with E-state index in [4.69, 9.17) is 14.6 Å². The van der Waals surface area contributed by atoms with Gasteiger partial charge in [-0.3, -0.25) is 0 Å². The maximum absolute atomic E-state index is 10.3. The van der Waals surface area contributed by atoms with Crippen molar-refractivity contribution in [3.05, 3.63) is 12.2 Å². The second kappa shape index (κ2) is 7.59. The van der Waals surface area contributed by atoms with Gasteiger partial charge in [0.2, 0.25) is 0 Å². The van der Waals surface area contributed by atoms with Crippen LogP contribution in [-0.2, 0) is 14.3 Å². The van der Waals surface area contributed by atoms with Crippen LogP contribution in [-0.4, -0.2) is 52.0 Å². The van der Waals surface area contributed by atoms with Crippen molar-refractivity contribution in [1.29, 1.82) is 0 Å². The Kier molecular flexibility index (Phi) is 6.44. The summed E-state index contributed by atoms with van der Waals surface area (Å²) in [6.45, 7) is 3.56. The van der Waals surface area contributed by atoms with Gasteiger partial charge >= 0.3 is 5.97 Å². The highest BCUT2D eigenvalue weighted by Crippen LogP contribution is 2.22. The lowest BCUT2D eigenvalue weighted by Crippen LogP contribution is -2.48. The molecule has 1 heterocycles. The van der Waals surface area contributed by atoms with Crippen LogP contribution in [0.3, 0.4) is 0 Å². The molecule has 0 aromatic heterocycles. The highest BCUT2D eigenvalue weighted by Gasteiger charge is 2.35. The zero-order valence-electron chi connectivity index (χ0n) is 11.2. The van der Waals surface area contributed by atoms with E-state index in [9.17, 15) is 15.0 Å². The van der Waals surface area contributed by atoms with E-state index < -0.39 is 24.5 Å². The van der Waals surface area contributed by atoms with Gasteiger partial charge in [0.15, 0.2) is 6.29 Å². The zero-order chi connectivity index (χ0) is 14.4. The van der Waals surface area contributed by atoms with Crippen LogP contribution >= 0.6 is 0 Å². The van der Waals surface area contributed by atoms with Crippen molar-refractivity contribution in [3.8, 4) is 0 Å². The van der Waals surface area contributed by atoms with Crippen LogP contribution in [0.15, 0.2) is 12.2 Å². The number of carboxylic acid groups (broad SMARTS) is 1. The number of carboxylic acids is 1. The van der Waals surface area contributed by atoms with Crippen LogP contribution in [0.25, 0.3) is 0 Å². The first-order valence-electron chi connectivity index (χ1n) is 6.46. The summed E-state index contributed by atoms with van der Waals surface area (Å²) in [6.07, 6.45) is 1.31. The van der Waals surface area contributed by atoms with Crippen molar-refractivity contribution in [2.45, 2.75) is 63.8 Å². The Morgan fingerprint density at radius 1 is 1.47 bits per heavy atom. The molecular weight excluding hydrogens is 252 g/mol. The van der Waals surface area contributed by atoms with Gasteiger partial charge in [0.25, 0.3) is 0 Å². The standard InChI is InChI=1S/C13H22O6/c1-8(5-3-4-6-12(16)17)18-13-11(15)7-10(14)9(2)19-13/h4,6,8-11,13-15H,3,5,7H2,1-2H3,(H,16,17)/b6-4+/t8-,9?,10-,11+,13-/m1/s1. The molecule has 1 aliphatic heterocycles. The van der Waals surface area contributed by atoms with Gasteiger partial charge in [-0.1, -0.05) is 6.08 Å². The summed E-state index contributed by atoms with van der Waals surface area (Å²) in [6, 6.07) is 0. The van der Waals surface area contributed by atoms with Crippen molar-refractivity contribution in [1.82, 2.24) is 0 Å². The lowest BCUT2D eigenvalue weighted by molar-refractivity contribution is -0.273. The van der Waals surface area contributed by atoms with Gasteiger partial charge in [-0.05, 0) is 26.7 Å². The topological polar surface area (TPSA) is 96.2 Å². The molecule has 1 saturated heterocycles. The van der Waals surface area contributed by atoms with Gasteiger partial charge in [0, 0.05) is 12.5 Å². The Morgan fingerprint density at radius 2 is 2.16 bits per heavy atom. The molecule has 0 spiro atoms. The molecule has 0 amide bonds. The molecular formula is C13H22O6. The van der Waals surface area contributed by atoms with Crippen molar-refractivity contribution >= 4 is 5.97 Å².